The highest BCUT2D eigenvalue weighted by Crippen LogP contribution is 2.34. The molecule has 11 heteroatoms. The molecule has 2 aromatic rings. The lowest BCUT2D eigenvalue weighted by atomic mass is 9.93. The van der Waals surface area contributed by atoms with Crippen LogP contribution < -0.4 is 20.7 Å². The van der Waals surface area contributed by atoms with Crippen LogP contribution in [0.2, 0.25) is 0 Å². The molecule has 11 nitrogen and oxygen atoms in total. The van der Waals surface area contributed by atoms with E-state index in [0.717, 1.165) is 16.9 Å². The summed E-state index contributed by atoms with van der Waals surface area (Å²) in [4.78, 5) is 55.5. The Hall–Kier alpha value is -4.12. The zero-order valence-corrected chi connectivity index (χ0v) is 26.6. The quantitative estimate of drug-likeness (QED) is 0.302. The summed E-state index contributed by atoms with van der Waals surface area (Å²) in [6, 6.07) is 13.9. The third-order valence-corrected chi connectivity index (χ3v) is 8.36. The van der Waals surface area contributed by atoms with E-state index < -0.39 is 47.6 Å². The second-order valence-electron chi connectivity index (χ2n) is 12.8. The molecule has 2 fully saturated rings. The van der Waals surface area contributed by atoms with Gasteiger partial charge < -0.3 is 35.4 Å². The molecule has 5 atom stereocenters. The van der Waals surface area contributed by atoms with Crippen LogP contribution in [0.4, 0.5) is 4.79 Å². The minimum Gasteiger partial charge on any atom is -0.497 e. The third kappa shape index (κ3) is 9.20. The van der Waals surface area contributed by atoms with Crippen LogP contribution in [0, 0.1) is 5.92 Å². The van der Waals surface area contributed by atoms with Crippen LogP contribution in [-0.2, 0) is 32.0 Å². The fourth-order valence-corrected chi connectivity index (χ4v) is 6.07. The summed E-state index contributed by atoms with van der Waals surface area (Å²) >= 11 is 0. The predicted molar refractivity (Wildman–Crippen MR) is 168 cm³/mol. The van der Waals surface area contributed by atoms with Gasteiger partial charge in [-0.1, -0.05) is 42.5 Å². The maximum atomic E-state index is 14.1. The van der Waals surface area contributed by atoms with Crippen LogP contribution in [0.15, 0.2) is 54.6 Å². The second kappa shape index (κ2) is 15.2. The molecule has 1 unspecified atom stereocenters. The first-order valence-electron chi connectivity index (χ1n) is 15.7. The first-order chi connectivity index (χ1) is 21.5. The number of nitrogens with zero attached hydrogens (tertiary/aromatic N) is 1. The van der Waals surface area contributed by atoms with Gasteiger partial charge >= 0.3 is 6.09 Å². The first-order valence-corrected chi connectivity index (χ1v) is 15.7. The van der Waals surface area contributed by atoms with Crippen LogP contribution >= 0.6 is 0 Å². The van der Waals surface area contributed by atoms with Crippen LogP contribution in [0.5, 0.6) is 5.75 Å². The van der Waals surface area contributed by atoms with Gasteiger partial charge in [-0.15, -0.1) is 0 Å². The van der Waals surface area contributed by atoms with Crippen LogP contribution in [0.25, 0.3) is 0 Å². The van der Waals surface area contributed by atoms with Crippen molar-refractivity contribution in [3.63, 3.8) is 0 Å². The fourth-order valence-electron chi connectivity index (χ4n) is 6.07. The van der Waals surface area contributed by atoms with E-state index >= 15 is 0 Å². The van der Waals surface area contributed by atoms with Gasteiger partial charge in [0.25, 0.3) is 0 Å². The number of aliphatic hydroxyl groups excluding tert-OH is 1. The minimum absolute atomic E-state index is 0.161. The number of nitrogens with one attached hydrogen (secondary N) is 3. The fraction of sp³-hybridized carbons (Fsp3) is 0.529. The van der Waals surface area contributed by atoms with E-state index in [-0.39, 0.29) is 25.0 Å². The largest absolute Gasteiger partial charge is 0.497 e. The summed E-state index contributed by atoms with van der Waals surface area (Å²) < 4.78 is 10.6. The highest BCUT2D eigenvalue weighted by molar-refractivity contribution is 5.95. The van der Waals surface area contributed by atoms with Crippen LogP contribution in [0.3, 0.4) is 0 Å². The highest BCUT2D eigenvalue weighted by atomic mass is 16.6. The van der Waals surface area contributed by atoms with Gasteiger partial charge in [-0.3, -0.25) is 14.4 Å². The smallest absolute Gasteiger partial charge is 0.408 e. The average Bonchev–Trinajstić information content (AvgIpc) is 3.38. The number of carbonyl (C=O) groups is 4. The third-order valence-electron chi connectivity index (χ3n) is 8.36. The molecule has 2 heterocycles. The zero-order chi connectivity index (χ0) is 32.6. The van der Waals surface area contributed by atoms with Gasteiger partial charge in [0.15, 0.2) is 0 Å². The molecule has 0 aliphatic carbocycles. The van der Waals surface area contributed by atoms with Crippen LogP contribution in [0.1, 0.15) is 57.6 Å². The number of methoxy groups -OCH3 is 1. The van der Waals surface area contributed by atoms with Gasteiger partial charge in [0.2, 0.25) is 17.7 Å². The number of rotatable bonds is 11. The van der Waals surface area contributed by atoms with E-state index in [1.807, 2.05) is 54.6 Å². The Morgan fingerprint density at radius 3 is 2.31 bits per heavy atom. The molecule has 4 rings (SSSR count). The van der Waals surface area contributed by atoms with Crippen molar-refractivity contribution < 1.29 is 33.8 Å². The molecular formula is C34H46N4O7. The molecule has 2 aliphatic rings. The number of hydrogen-bond donors (Lipinski definition) is 4. The topological polar surface area (TPSA) is 146 Å². The molecule has 0 saturated carbocycles. The van der Waals surface area contributed by atoms with E-state index in [1.54, 1.807) is 32.8 Å². The van der Waals surface area contributed by atoms with E-state index in [0.29, 0.717) is 38.6 Å². The first kappa shape index (κ1) is 33.8. The molecule has 2 aromatic carbocycles. The monoisotopic (exact) mass is 622 g/mol. The maximum Gasteiger partial charge on any atom is 0.408 e. The van der Waals surface area contributed by atoms with E-state index in [4.69, 9.17) is 9.47 Å². The van der Waals surface area contributed by atoms with Gasteiger partial charge in [0, 0.05) is 31.5 Å². The van der Waals surface area contributed by atoms with Crippen molar-refractivity contribution in [2.45, 2.75) is 89.1 Å². The van der Waals surface area contributed by atoms with Crippen molar-refractivity contribution in [1.82, 2.24) is 20.9 Å². The van der Waals surface area contributed by atoms with Crippen molar-refractivity contribution in [1.29, 1.82) is 0 Å². The minimum atomic E-state index is -1.06. The van der Waals surface area contributed by atoms with Gasteiger partial charge in [-0.2, -0.15) is 0 Å². The number of alkyl carbamates (subject to hydrolysis) is 1. The summed E-state index contributed by atoms with van der Waals surface area (Å²) in [7, 11) is 1.61. The Morgan fingerprint density at radius 1 is 0.978 bits per heavy atom. The number of ether oxygens (including phenoxy) is 2. The van der Waals surface area contributed by atoms with Crippen molar-refractivity contribution >= 4 is 23.8 Å². The van der Waals surface area contributed by atoms with Crippen molar-refractivity contribution in [3.05, 3.63) is 65.7 Å². The number of fused-ring (bicyclic) bond motifs is 1. The lowest BCUT2D eigenvalue weighted by molar-refractivity contribution is -0.144. The molecule has 4 amide bonds. The van der Waals surface area contributed by atoms with Gasteiger partial charge in [0.1, 0.15) is 29.5 Å². The number of aliphatic hydroxyl groups is 1. The average molecular weight is 623 g/mol. The van der Waals surface area contributed by atoms with Crippen LogP contribution in [-0.4, -0.2) is 83.9 Å². The number of carbonyl (C=O) groups excluding carboxylic acids is 4. The Balaban J connectivity index is 1.46. The summed E-state index contributed by atoms with van der Waals surface area (Å²) in [6.45, 7) is 5.29. The molecule has 244 valence electrons. The number of amides is 4. The van der Waals surface area contributed by atoms with Crippen molar-refractivity contribution in [3.8, 4) is 5.75 Å². The Bertz CT molecular complexity index is 1310. The second-order valence-corrected chi connectivity index (χ2v) is 12.8. The zero-order valence-electron chi connectivity index (χ0n) is 26.6. The number of benzene rings is 2. The highest BCUT2D eigenvalue weighted by Gasteiger charge is 2.47. The number of hydrogen-bond acceptors (Lipinski definition) is 7. The molecular weight excluding hydrogens is 576 g/mol. The van der Waals surface area contributed by atoms with Gasteiger partial charge in [-0.05, 0) is 76.1 Å². The molecule has 0 aromatic heterocycles. The van der Waals surface area contributed by atoms with Crippen molar-refractivity contribution in [2.24, 2.45) is 5.92 Å². The lowest BCUT2D eigenvalue weighted by Gasteiger charge is -2.32. The molecule has 0 radical (unpaired) electrons. The predicted octanol–water partition coefficient (Wildman–Crippen LogP) is 2.74. The molecule has 2 saturated heterocycles. The molecule has 2 aliphatic heterocycles. The van der Waals surface area contributed by atoms with E-state index in [2.05, 4.69) is 16.0 Å². The van der Waals surface area contributed by atoms with Crippen molar-refractivity contribution in [2.75, 3.05) is 20.3 Å². The standard InChI is InChI=1S/C34H46N4O7/c1-34(2,3)45-33(43)36-27(20-23-8-6-5-7-9-23)30(40)37-29-24(21-39)12-13-25-14-17-28(38(25)32(29)42)31(41)35-19-18-22-10-15-26(44-4)16-11-22/h5-11,15-16,24-25,27-29,39H,12-14,17-21H2,1-4H3,(H,35,41)(H,36,43)(H,37,40)/t24-,25+,27-,28+,29?/m1/s1. The summed E-state index contributed by atoms with van der Waals surface area (Å²) in [6.07, 6.45) is 2.34. The van der Waals surface area contributed by atoms with E-state index in [9.17, 15) is 24.3 Å². The molecule has 0 bridgehead atoms. The van der Waals surface area contributed by atoms with Gasteiger partial charge in [-0.25, -0.2) is 4.79 Å². The van der Waals surface area contributed by atoms with E-state index in [1.165, 1.54) is 0 Å². The summed E-state index contributed by atoms with van der Waals surface area (Å²) in [5, 5.41) is 18.7. The summed E-state index contributed by atoms with van der Waals surface area (Å²) in [5.74, 6) is -0.979. The Kier molecular flexibility index (Phi) is 11.4. The Morgan fingerprint density at radius 2 is 1.67 bits per heavy atom. The maximum absolute atomic E-state index is 14.1. The van der Waals surface area contributed by atoms with Gasteiger partial charge in [0.05, 0.1) is 7.11 Å². The Labute approximate surface area is 265 Å². The molecule has 0 spiro atoms. The molecule has 4 N–H and O–H groups in total. The normalized spacial score (nSPS) is 22.1. The molecule has 45 heavy (non-hydrogen) atoms. The SMILES string of the molecule is COc1ccc(CCNC(=O)[C@@H]2CC[C@@H]3CC[C@H](CO)C(NC(=O)[C@@H](Cc4ccccc4)NC(=O)OC(C)(C)C)C(=O)N32)cc1. The summed E-state index contributed by atoms with van der Waals surface area (Å²) in [5.41, 5.74) is 1.09. The lowest BCUT2D eigenvalue weighted by Crippen LogP contribution is -2.59.